The van der Waals surface area contributed by atoms with Crippen LogP contribution in [0.15, 0.2) is 22.6 Å². The van der Waals surface area contributed by atoms with Gasteiger partial charge in [0.05, 0.1) is 10.0 Å². The van der Waals surface area contributed by atoms with E-state index in [2.05, 4.69) is 15.5 Å². The van der Waals surface area contributed by atoms with Crippen molar-refractivity contribution in [3.05, 3.63) is 45.6 Å². The maximum atomic E-state index is 11.9. The van der Waals surface area contributed by atoms with Crippen LogP contribution in [0.1, 0.15) is 41.9 Å². The molecule has 0 saturated heterocycles. The zero-order chi connectivity index (χ0) is 15.4. The van der Waals surface area contributed by atoms with Crippen LogP contribution in [0.4, 0.5) is 0 Å². The molecule has 1 aromatic carbocycles. The van der Waals surface area contributed by atoms with Gasteiger partial charge in [-0.05, 0) is 18.2 Å². The SMILES string of the molecule is CC(C)c1nnc(CCNC(=O)c2ccc(Cl)c(Cl)c2)o1. The lowest BCUT2D eigenvalue weighted by molar-refractivity contribution is 0.0953. The van der Waals surface area contributed by atoms with Crippen LogP contribution in [-0.2, 0) is 6.42 Å². The van der Waals surface area contributed by atoms with Crippen LogP contribution in [0.25, 0.3) is 0 Å². The fourth-order valence-electron chi connectivity index (χ4n) is 1.62. The number of benzene rings is 1. The third-order valence-electron chi connectivity index (χ3n) is 2.78. The summed E-state index contributed by atoms with van der Waals surface area (Å²) >= 11 is 11.7. The summed E-state index contributed by atoms with van der Waals surface area (Å²) in [5, 5.41) is 11.4. The summed E-state index contributed by atoms with van der Waals surface area (Å²) in [6.45, 7) is 4.35. The Kier molecular flexibility index (Phi) is 5.20. The number of aromatic nitrogens is 2. The van der Waals surface area contributed by atoms with Crippen molar-refractivity contribution in [2.45, 2.75) is 26.2 Å². The predicted molar refractivity (Wildman–Crippen MR) is 80.9 cm³/mol. The molecule has 112 valence electrons. The van der Waals surface area contributed by atoms with E-state index in [-0.39, 0.29) is 11.8 Å². The van der Waals surface area contributed by atoms with Crippen LogP contribution >= 0.6 is 23.2 Å². The highest BCUT2D eigenvalue weighted by molar-refractivity contribution is 6.42. The van der Waals surface area contributed by atoms with E-state index in [1.54, 1.807) is 12.1 Å². The minimum Gasteiger partial charge on any atom is -0.425 e. The van der Waals surface area contributed by atoms with Gasteiger partial charge in [0, 0.05) is 24.4 Å². The molecular formula is C14H15Cl2N3O2. The van der Waals surface area contributed by atoms with Gasteiger partial charge in [0.15, 0.2) is 0 Å². The van der Waals surface area contributed by atoms with Gasteiger partial charge in [-0.2, -0.15) is 0 Å². The molecule has 0 aliphatic heterocycles. The number of hydrogen-bond acceptors (Lipinski definition) is 4. The van der Waals surface area contributed by atoms with Crippen LogP contribution in [0, 0.1) is 0 Å². The summed E-state index contributed by atoms with van der Waals surface area (Å²) in [7, 11) is 0. The largest absolute Gasteiger partial charge is 0.425 e. The van der Waals surface area contributed by atoms with Crippen LogP contribution in [0.5, 0.6) is 0 Å². The van der Waals surface area contributed by atoms with Gasteiger partial charge < -0.3 is 9.73 Å². The molecule has 0 spiro atoms. The molecule has 1 heterocycles. The topological polar surface area (TPSA) is 68.0 Å². The summed E-state index contributed by atoms with van der Waals surface area (Å²) in [6, 6.07) is 4.74. The van der Waals surface area contributed by atoms with Crippen molar-refractivity contribution < 1.29 is 9.21 Å². The number of carbonyl (C=O) groups excluding carboxylic acids is 1. The van der Waals surface area contributed by atoms with Gasteiger partial charge in [-0.25, -0.2) is 0 Å². The molecule has 2 rings (SSSR count). The van der Waals surface area contributed by atoms with Gasteiger partial charge >= 0.3 is 0 Å². The minimum atomic E-state index is -0.225. The Morgan fingerprint density at radius 2 is 2.05 bits per heavy atom. The highest BCUT2D eigenvalue weighted by Crippen LogP contribution is 2.22. The predicted octanol–water partition coefficient (Wildman–Crippen LogP) is 3.47. The van der Waals surface area contributed by atoms with Crippen molar-refractivity contribution in [2.24, 2.45) is 0 Å². The van der Waals surface area contributed by atoms with Crippen molar-refractivity contribution >= 4 is 29.1 Å². The van der Waals surface area contributed by atoms with E-state index in [0.717, 1.165) is 0 Å². The Morgan fingerprint density at radius 1 is 1.29 bits per heavy atom. The lowest BCUT2D eigenvalue weighted by Gasteiger charge is -2.04. The van der Waals surface area contributed by atoms with Crippen molar-refractivity contribution in [1.82, 2.24) is 15.5 Å². The number of halogens is 2. The monoisotopic (exact) mass is 327 g/mol. The van der Waals surface area contributed by atoms with E-state index in [1.165, 1.54) is 6.07 Å². The van der Waals surface area contributed by atoms with E-state index in [4.69, 9.17) is 27.6 Å². The van der Waals surface area contributed by atoms with Crippen LogP contribution in [0.2, 0.25) is 10.0 Å². The summed E-state index contributed by atoms with van der Waals surface area (Å²) in [5.74, 6) is 1.07. The second-order valence-electron chi connectivity index (χ2n) is 4.82. The van der Waals surface area contributed by atoms with Crippen molar-refractivity contribution in [3.8, 4) is 0 Å². The van der Waals surface area contributed by atoms with E-state index in [9.17, 15) is 4.79 Å². The molecule has 0 atom stereocenters. The molecule has 1 N–H and O–H groups in total. The first kappa shape index (κ1) is 15.8. The number of amides is 1. The molecule has 0 fully saturated rings. The van der Waals surface area contributed by atoms with E-state index >= 15 is 0 Å². The average Bonchev–Trinajstić information content (AvgIpc) is 2.91. The Labute approximate surface area is 132 Å². The second kappa shape index (κ2) is 6.91. The first-order valence-electron chi connectivity index (χ1n) is 6.53. The lowest BCUT2D eigenvalue weighted by Crippen LogP contribution is -2.25. The highest BCUT2D eigenvalue weighted by atomic mass is 35.5. The second-order valence-corrected chi connectivity index (χ2v) is 5.64. The van der Waals surface area contributed by atoms with Gasteiger partial charge in [0.2, 0.25) is 11.8 Å². The summed E-state index contributed by atoms with van der Waals surface area (Å²) in [4.78, 5) is 11.9. The molecule has 0 bridgehead atoms. The summed E-state index contributed by atoms with van der Waals surface area (Å²) in [5.41, 5.74) is 0.456. The first-order valence-corrected chi connectivity index (χ1v) is 7.28. The molecule has 5 nitrogen and oxygen atoms in total. The Bertz CT molecular complexity index is 641. The molecule has 0 saturated carbocycles. The summed E-state index contributed by atoms with van der Waals surface area (Å²) < 4.78 is 5.46. The molecule has 21 heavy (non-hydrogen) atoms. The fourth-order valence-corrected chi connectivity index (χ4v) is 1.92. The zero-order valence-corrected chi connectivity index (χ0v) is 13.2. The highest BCUT2D eigenvalue weighted by Gasteiger charge is 2.11. The standard InChI is InChI=1S/C14H15Cl2N3O2/c1-8(2)14-19-18-12(21-14)5-6-17-13(20)9-3-4-10(15)11(16)7-9/h3-4,7-8H,5-6H2,1-2H3,(H,17,20). The van der Waals surface area contributed by atoms with Crippen LogP contribution < -0.4 is 5.32 Å². The summed E-state index contributed by atoms with van der Waals surface area (Å²) in [6.07, 6.45) is 0.479. The van der Waals surface area contributed by atoms with Crippen molar-refractivity contribution in [1.29, 1.82) is 0 Å². The molecule has 0 aliphatic rings. The Hall–Kier alpha value is -1.59. The van der Waals surface area contributed by atoms with Crippen molar-refractivity contribution in [2.75, 3.05) is 6.54 Å². The average molecular weight is 328 g/mol. The maximum Gasteiger partial charge on any atom is 0.251 e. The first-order chi connectivity index (χ1) is 9.97. The number of carbonyl (C=O) groups is 1. The third-order valence-corrected chi connectivity index (χ3v) is 3.52. The molecular weight excluding hydrogens is 313 g/mol. The number of nitrogens with zero attached hydrogens (tertiary/aromatic N) is 2. The molecule has 0 aliphatic carbocycles. The fraction of sp³-hybridized carbons (Fsp3) is 0.357. The van der Waals surface area contributed by atoms with Gasteiger partial charge in [-0.1, -0.05) is 37.0 Å². The normalized spacial score (nSPS) is 10.9. The van der Waals surface area contributed by atoms with Crippen LogP contribution in [-0.4, -0.2) is 22.6 Å². The smallest absolute Gasteiger partial charge is 0.251 e. The number of hydrogen-bond donors (Lipinski definition) is 1. The molecule has 7 heteroatoms. The van der Waals surface area contributed by atoms with E-state index in [1.807, 2.05) is 13.8 Å². The molecule has 1 aromatic heterocycles. The van der Waals surface area contributed by atoms with Gasteiger partial charge in [-0.3, -0.25) is 4.79 Å². The van der Waals surface area contributed by atoms with Gasteiger partial charge in [-0.15, -0.1) is 10.2 Å². The maximum absolute atomic E-state index is 11.9. The van der Waals surface area contributed by atoms with E-state index in [0.29, 0.717) is 40.4 Å². The molecule has 0 radical (unpaired) electrons. The van der Waals surface area contributed by atoms with Gasteiger partial charge in [0.1, 0.15) is 0 Å². The van der Waals surface area contributed by atoms with E-state index < -0.39 is 0 Å². The Morgan fingerprint density at radius 3 is 2.67 bits per heavy atom. The van der Waals surface area contributed by atoms with Crippen LogP contribution in [0.3, 0.4) is 0 Å². The molecule has 1 amide bonds. The number of rotatable bonds is 5. The minimum absolute atomic E-state index is 0.192. The quantitative estimate of drug-likeness (QED) is 0.912. The molecule has 0 unspecified atom stereocenters. The van der Waals surface area contributed by atoms with Gasteiger partial charge in [0.25, 0.3) is 5.91 Å². The zero-order valence-electron chi connectivity index (χ0n) is 11.7. The van der Waals surface area contributed by atoms with Crippen molar-refractivity contribution in [3.63, 3.8) is 0 Å². The molecule has 2 aromatic rings. The number of nitrogens with one attached hydrogen (secondary N) is 1. The third kappa shape index (κ3) is 4.19. The Balaban J connectivity index is 1.87. The lowest BCUT2D eigenvalue weighted by atomic mass is 10.2.